The highest BCUT2D eigenvalue weighted by Crippen LogP contribution is 2.37. The number of pyridine rings is 1. The van der Waals surface area contributed by atoms with Crippen molar-refractivity contribution in [3.8, 4) is 11.5 Å². The van der Waals surface area contributed by atoms with Gasteiger partial charge in [-0.15, -0.1) is 0 Å². The number of aromatic nitrogens is 1. The van der Waals surface area contributed by atoms with Gasteiger partial charge in [-0.3, -0.25) is 4.98 Å². The Morgan fingerprint density at radius 1 is 1.09 bits per heavy atom. The number of anilines is 1. The normalized spacial score (nSPS) is 17.0. The zero-order valence-corrected chi connectivity index (χ0v) is 19.5. The smallest absolute Gasteiger partial charge is 0.266 e. The van der Waals surface area contributed by atoms with Gasteiger partial charge in [0.15, 0.2) is 21.3 Å². The van der Waals surface area contributed by atoms with Crippen LogP contribution >= 0.6 is 0 Å². The van der Waals surface area contributed by atoms with Crippen molar-refractivity contribution in [3.63, 3.8) is 0 Å². The highest BCUT2D eigenvalue weighted by atomic mass is 32.2. The van der Waals surface area contributed by atoms with Crippen molar-refractivity contribution in [2.75, 3.05) is 23.9 Å². The number of halogens is 3. The average Bonchev–Trinajstić information content (AvgIpc) is 2.80. The lowest BCUT2D eigenvalue weighted by Crippen LogP contribution is -2.30. The van der Waals surface area contributed by atoms with Crippen molar-refractivity contribution in [3.05, 3.63) is 59.5 Å². The van der Waals surface area contributed by atoms with E-state index in [1.165, 1.54) is 19.2 Å². The van der Waals surface area contributed by atoms with Crippen molar-refractivity contribution in [1.29, 1.82) is 0 Å². The van der Waals surface area contributed by atoms with E-state index in [1.54, 1.807) is 31.3 Å². The molecule has 0 bridgehead atoms. The van der Waals surface area contributed by atoms with Crippen LogP contribution < -0.4 is 14.8 Å². The van der Waals surface area contributed by atoms with Gasteiger partial charge >= 0.3 is 0 Å². The number of ether oxygens (including phenoxy) is 2. The molecule has 1 atom stereocenters. The Hall–Kier alpha value is -3.01. The molecule has 1 aliphatic heterocycles. The van der Waals surface area contributed by atoms with Crippen molar-refractivity contribution in [2.45, 2.75) is 38.3 Å². The van der Waals surface area contributed by atoms with Crippen molar-refractivity contribution < 1.29 is 31.1 Å². The number of sulfone groups is 1. The van der Waals surface area contributed by atoms with E-state index in [4.69, 9.17) is 9.47 Å². The first-order valence-corrected chi connectivity index (χ1v) is 12.7. The summed E-state index contributed by atoms with van der Waals surface area (Å²) in [7, 11) is -1.52. The van der Waals surface area contributed by atoms with Gasteiger partial charge in [-0.05, 0) is 31.9 Å². The van der Waals surface area contributed by atoms with Crippen LogP contribution in [0.1, 0.15) is 43.4 Å². The van der Waals surface area contributed by atoms with Crippen LogP contribution in [0.4, 0.5) is 18.9 Å². The number of alkyl halides is 2. The third kappa shape index (κ3) is 5.06. The number of methoxy groups -OCH3 is 1. The fourth-order valence-electron chi connectivity index (χ4n) is 4.08. The summed E-state index contributed by atoms with van der Waals surface area (Å²) in [5.74, 6) is 0.0998. The Morgan fingerprint density at radius 3 is 2.47 bits per heavy atom. The number of benzene rings is 2. The highest BCUT2D eigenvalue weighted by molar-refractivity contribution is 7.91. The zero-order valence-electron chi connectivity index (χ0n) is 18.7. The highest BCUT2D eigenvalue weighted by Gasteiger charge is 2.26. The maximum atomic E-state index is 14.7. The van der Waals surface area contributed by atoms with Gasteiger partial charge < -0.3 is 14.8 Å². The van der Waals surface area contributed by atoms with Crippen LogP contribution in [-0.2, 0) is 9.84 Å². The number of nitrogens with one attached hydrogen (secondary N) is 1. The Kier molecular flexibility index (Phi) is 6.88. The molecule has 2 aromatic carbocycles. The molecule has 1 aromatic heterocycles. The predicted molar refractivity (Wildman–Crippen MR) is 124 cm³/mol. The van der Waals surface area contributed by atoms with Crippen LogP contribution in [0.2, 0.25) is 0 Å². The molecule has 3 aromatic rings. The Labute approximate surface area is 196 Å². The molecule has 0 spiro atoms. The lowest BCUT2D eigenvalue weighted by molar-refractivity contribution is 0.146. The predicted octanol–water partition coefficient (Wildman–Crippen LogP) is 5.45. The standard InChI is InChI=1S/C24H25F3N2O4S/c1-14(16-4-3-5-17(23(16)25)24(26)27)29-19-6-9-28-20-13-21(32-2)22(12-18(19)20)33-15-7-10-34(30,31)11-8-15/h3-6,9,12-15,24H,7-8,10-11H2,1-2H3,(H,28,29)/t14-/m1/s1. The number of nitrogens with zero attached hydrogens (tertiary/aromatic N) is 1. The summed E-state index contributed by atoms with van der Waals surface area (Å²) in [5.41, 5.74) is 0.685. The molecule has 4 rings (SSSR count). The molecule has 0 radical (unpaired) electrons. The summed E-state index contributed by atoms with van der Waals surface area (Å²) >= 11 is 0. The Balaban J connectivity index is 1.65. The Morgan fingerprint density at radius 2 is 1.79 bits per heavy atom. The molecular formula is C24H25F3N2O4S. The molecule has 34 heavy (non-hydrogen) atoms. The molecule has 1 fully saturated rings. The van der Waals surface area contributed by atoms with Crippen LogP contribution in [0.3, 0.4) is 0 Å². The van der Waals surface area contributed by atoms with Gasteiger partial charge in [0, 0.05) is 28.9 Å². The summed E-state index contributed by atoms with van der Waals surface area (Å²) < 4.78 is 75.9. The first kappa shape index (κ1) is 24.1. The van der Waals surface area contributed by atoms with Gasteiger partial charge in [0.05, 0.1) is 35.7 Å². The number of hydrogen-bond donors (Lipinski definition) is 1. The van der Waals surface area contributed by atoms with Crippen LogP contribution in [0.5, 0.6) is 11.5 Å². The van der Waals surface area contributed by atoms with Gasteiger partial charge in [-0.2, -0.15) is 0 Å². The molecule has 182 valence electrons. The lowest BCUT2D eigenvalue weighted by atomic mass is 10.0. The van der Waals surface area contributed by atoms with Gasteiger partial charge in [0.1, 0.15) is 11.9 Å². The summed E-state index contributed by atoms with van der Waals surface area (Å²) in [6, 6.07) is 8.49. The second-order valence-corrected chi connectivity index (χ2v) is 10.6. The van der Waals surface area contributed by atoms with E-state index in [9.17, 15) is 21.6 Å². The quantitative estimate of drug-likeness (QED) is 0.471. The van der Waals surface area contributed by atoms with E-state index in [-0.39, 0.29) is 23.2 Å². The third-order valence-electron chi connectivity index (χ3n) is 5.95. The molecule has 0 unspecified atom stereocenters. The first-order chi connectivity index (χ1) is 16.2. The van der Waals surface area contributed by atoms with E-state index in [0.717, 1.165) is 6.07 Å². The second kappa shape index (κ2) is 9.69. The van der Waals surface area contributed by atoms with E-state index in [2.05, 4.69) is 10.3 Å². The molecule has 1 N–H and O–H groups in total. The molecule has 0 aliphatic carbocycles. The minimum absolute atomic E-state index is 0.0721. The number of hydrogen-bond acceptors (Lipinski definition) is 6. The van der Waals surface area contributed by atoms with E-state index in [1.807, 2.05) is 0 Å². The number of rotatable bonds is 7. The molecule has 2 heterocycles. The number of fused-ring (bicyclic) bond motifs is 1. The van der Waals surface area contributed by atoms with E-state index < -0.39 is 33.7 Å². The summed E-state index contributed by atoms with van der Waals surface area (Å²) in [5, 5.41) is 3.85. The van der Waals surface area contributed by atoms with Gasteiger partial charge in [0.2, 0.25) is 0 Å². The molecule has 6 nitrogen and oxygen atoms in total. The summed E-state index contributed by atoms with van der Waals surface area (Å²) in [4.78, 5) is 4.36. The zero-order chi connectivity index (χ0) is 24.5. The van der Waals surface area contributed by atoms with Crippen molar-refractivity contribution >= 4 is 26.4 Å². The van der Waals surface area contributed by atoms with Gasteiger partial charge in [0.25, 0.3) is 6.43 Å². The van der Waals surface area contributed by atoms with Crippen molar-refractivity contribution in [1.82, 2.24) is 4.98 Å². The van der Waals surface area contributed by atoms with Crippen LogP contribution in [0.15, 0.2) is 42.6 Å². The summed E-state index contributed by atoms with van der Waals surface area (Å²) in [6.07, 6.45) is -0.824. The Bertz CT molecular complexity index is 1290. The SMILES string of the molecule is COc1cc2nccc(N[C@H](C)c3cccc(C(F)F)c3F)c2cc1OC1CCS(=O)(=O)CC1. The molecular weight excluding hydrogens is 469 g/mol. The second-order valence-electron chi connectivity index (χ2n) is 8.26. The molecule has 1 saturated heterocycles. The maximum absolute atomic E-state index is 14.7. The van der Waals surface area contributed by atoms with Crippen molar-refractivity contribution in [2.24, 2.45) is 0 Å². The largest absolute Gasteiger partial charge is 0.493 e. The third-order valence-corrected chi connectivity index (χ3v) is 7.67. The first-order valence-electron chi connectivity index (χ1n) is 10.9. The lowest BCUT2D eigenvalue weighted by Gasteiger charge is -2.25. The molecule has 0 amide bonds. The minimum atomic E-state index is -3.03. The maximum Gasteiger partial charge on any atom is 0.266 e. The topological polar surface area (TPSA) is 77.5 Å². The van der Waals surface area contributed by atoms with Crippen LogP contribution in [0, 0.1) is 5.82 Å². The monoisotopic (exact) mass is 494 g/mol. The molecule has 10 heteroatoms. The molecule has 1 aliphatic rings. The molecule has 0 saturated carbocycles. The summed E-state index contributed by atoms with van der Waals surface area (Å²) in [6.45, 7) is 1.68. The van der Waals surface area contributed by atoms with E-state index >= 15 is 0 Å². The van der Waals surface area contributed by atoms with Gasteiger partial charge in [-0.25, -0.2) is 21.6 Å². The fourth-order valence-corrected chi connectivity index (χ4v) is 5.53. The average molecular weight is 495 g/mol. The van der Waals surface area contributed by atoms with Crippen LogP contribution in [-0.4, -0.2) is 38.1 Å². The van der Waals surface area contributed by atoms with E-state index in [0.29, 0.717) is 40.9 Å². The minimum Gasteiger partial charge on any atom is -0.493 e. The van der Waals surface area contributed by atoms with Gasteiger partial charge in [-0.1, -0.05) is 18.2 Å². The van der Waals surface area contributed by atoms with Crippen LogP contribution in [0.25, 0.3) is 10.9 Å². The fraction of sp³-hybridized carbons (Fsp3) is 0.375.